The summed E-state index contributed by atoms with van der Waals surface area (Å²) in [5.74, 6) is 0.787. The van der Waals surface area contributed by atoms with Crippen molar-refractivity contribution < 1.29 is 9.53 Å². The molecule has 1 atom stereocenters. The zero-order chi connectivity index (χ0) is 15.9. The number of anilines is 1. The summed E-state index contributed by atoms with van der Waals surface area (Å²) in [7, 11) is 0. The summed E-state index contributed by atoms with van der Waals surface area (Å²) in [5.41, 5.74) is 1.83. The monoisotopic (exact) mass is 318 g/mol. The number of benzene rings is 2. The van der Waals surface area contributed by atoms with Crippen LogP contribution in [0.3, 0.4) is 0 Å². The van der Waals surface area contributed by atoms with E-state index in [4.69, 9.17) is 16.3 Å². The predicted molar refractivity (Wildman–Crippen MR) is 89.7 cm³/mol. The Morgan fingerprint density at radius 1 is 1.23 bits per heavy atom. The number of amides is 2. The Morgan fingerprint density at radius 3 is 2.64 bits per heavy atom. The van der Waals surface area contributed by atoms with E-state index in [0.29, 0.717) is 17.3 Å². The molecule has 5 heteroatoms. The zero-order valence-corrected chi connectivity index (χ0v) is 13.4. The number of nitrogens with one attached hydrogen (secondary N) is 2. The van der Waals surface area contributed by atoms with E-state index >= 15 is 0 Å². The molecule has 2 N–H and O–H groups in total. The lowest BCUT2D eigenvalue weighted by molar-refractivity contribution is 0.236. The van der Waals surface area contributed by atoms with Crippen molar-refractivity contribution in [3.05, 3.63) is 59.1 Å². The van der Waals surface area contributed by atoms with Crippen molar-refractivity contribution in [3.63, 3.8) is 0 Å². The second-order valence-corrected chi connectivity index (χ2v) is 5.57. The van der Waals surface area contributed by atoms with Crippen molar-refractivity contribution >= 4 is 23.3 Å². The van der Waals surface area contributed by atoms with Crippen LogP contribution < -0.4 is 15.4 Å². The molecule has 2 rings (SSSR count). The molecule has 0 radical (unpaired) electrons. The lowest BCUT2D eigenvalue weighted by Gasteiger charge is -2.16. The normalized spacial score (nSPS) is 11.6. The predicted octanol–water partition coefficient (Wildman–Crippen LogP) is 4.24. The van der Waals surface area contributed by atoms with Crippen LogP contribution in [0.5, 0.6) is 5.75 Å². The number of carbonyl (C=O) groups is 1. The zero-order valence-electron chi connectivity index (χ0n) is 12.6. The highest BCUT2D eigenvalue weighted by molar-refractivity contribution is 6.30. The molecule has 22 heavy (non-hydrogen) atoms. The van der Waals surface area contributed by atoms with Crippen molar-refractivity contribution in [1.29, 1.82) is 0 Å². The quantitative estimate of drug-likeness (QED) is 0.866. The average Bonchev–Trinajstić information content (AvgIpc) is 2.46. The van der Waals surface area contributed by atoms with Gasteiger partial charge in [0.25, 0.3) is 0 Å². The Kier molecular flexibility index (Phi) is 5.67. The van der Waals surface area contributed by atoms with E-state index in [0.717, 1.165) is 5.75 Å². The first kappa shape index (κ1) is 16.2. The summed E-state index contributed by atoms with van der Waals surface area (Å²) in [5, 5.41) is 6.12. The summed E-state index contributed by atoms with van der Waals surface area (Å²) < 4.78 is 5.63. The summed E-state index contributed by atoms with van der Waals surface area (Å²) in [6.45, 7) is 4.30. The van der Waals surface area contributed by atoms with Crippen LogP contribution in [0.1, 0.15) is 12.5 Å². The molecule has 0 bridgehead atoms. The maximum atomic E-state index is 11.9. The van der Waals surface area contributed by atoms with E-state index in [2.05, 4.69) is 10.6 Å². The molecule has 0 heterocycles. The molecule has 0 aliphatic heterocycles. The fourth-order valence-electron chi connectivity index (χ4n) is 1.85. The minimum atomic E-state index is -0.290. The molecule has 0 aliphatic carbocycles. The highest BCUT2D eigenvalue weighted by atomic mass is 35.5. The van der Waals surface area contributed by atoms with Gasteiger partial charge in [-0.3, -0.25) is 0 Å². The Labute approximate surface area is 135 Å². The molecule has 0 saturated carbocycles. The van der Waals surface area contributed by atoms with Crippen LogP contribution in [0.25, 0.3) is 0 Å². The fraction of sp³-hybridized carbons (Fsp3) is 0.235. The average molecular weight is 319 g/mol. The number of carbonyl (C=O) groups excluding carboxylic acids is 1. The maximum Gasteiger partial charge on any atom is 0.319 e. The minimum absolute atomic E-state index is 0.125. The van der Waals surface area contributed by atoms with Gasteiger partial charge in [0.05, 0.1) is 6.04 Å². The van der Waals surface area contributed by atoms with Crippen molar-refractivity contribution in [2.75, 3.05) is 11.9 Å². The molecule has 2 aromatic carbocycles. The Hall–Kier alpha value is -2.20. The van der Waals surface area contributed by atoms with Crippen LogP contribution in [0.15, 0.2) is 48.5 Å². The Bertz CT molecular complexity index is 629. The number of halogens is 1. The molecular weight excluding hydrogens is 300 g/mol. The second-order valence-electron chi connectivity index (χ2n) is 5.13. The lowest BCUT2D eigenvalue weighted by Crippen LogP contribution is -2.39. The third kappa shape index (κ3) is 5.30. The molecular formula is C17H19ClN2O2. The summed E-state index contributed by atoms with van der Waals surface area (Å²) in [6.07, 6.45) is 0. The Morgan fingerprint density at radius 2 is 1.95 bits per heavy atom. The van der Waals surface area contributed by atoms with E-state index in [-0.39, 0.29) is 12.1 Å². The van der Waals surface area contributed by atoms with Crippen LogP contribution in [0, 0.1) is 6.92 Å². The van der Waals surface area contributed by atoms with Gasteiger partial charge in [-0.05, 0) is 44.2 Å². The van der Waals surface area contributed by atoms with Crippen molar-refractivity contribution in [2.45, 2.75) is 19.9 Å². The number of aryl methyl sites for hydroxylation is 1. The van der Waals surface area contributed by atoms with E-state index in [1.165, 1.54) is 5.56 Å². The number of rotatable bonds is 5. The van der Waals surface area contributed by atoms with Crippen LogP contribution in [0.2, 0.25) is 5.02 Å². The third-order valence-corrected chi connectivity index (χ3v) is 3.22. The second kappa shape index (κ2) is 7.71. The van der Waals surface area contributed by atoms with Crippen LogP contribution >= 0.6 is 11.6 Å². The van der Waals surface area contributed by atoms with Gasteiger partial charge >= 0.3 is 6.03 Å². The van der Waals surface area contributed by atoms with E-state index in [1.807, 2.05) is 38.1 Å². The largest absolute Gasteiger partial charge is 0.491 e. The number of hydrogen-bond acceptors (Lipinski definition) is 2. The molecule has 0 aliphatic rings. The van der Waals surface area contributed by atoms with Gasteiger partial charge in [-0.25, -0.2) is 4.79 Å². The van der Waals surface area contributed by atoms with Crippen LogP contribution in [-0.4, -0.2) is 18.7 Å². The number of urea groups is 1. The highest BCUT2D eigenvalue weighted by Crippen LogP contribution is 2.15. The molecule has 0 aromatic heterocycles. The van der Waals surface area contributed by atoms with Gasteiger partial charge in [0, 0.05) is 10.7 Å². The van der Waals surface area contributed by atoms with Gasteiger partial charge in [0.15, 0.2) is 0 Å². The first-order valence-corrected chi connectivity index (χ1v) is 7.43. The third-order valence-electron chi connectivity index (χ3n) is 2.98. The van der Waals surface area contributed by atoms with Gasteiger partial charge in [-0.2, -0.15) is 0 Å². The highest BCUT2D eigenvalue weighted by Gasteiger charge is 2.08. The molecule has 4 nitrogen and oxygen atoms in total. The molecule has 116 valence electrons. The summed E-state index contributed by atoms with van der Waals surface area (Å²) in [6, 6.07) is 14.4. The van der Waals surface area contributed by atoms with Gasteiger partial charge in [0.1, 0.15) is 12.4 Å². The van der Waals surface area contributed by atoms with E-state index < -0.39 is 0 Å². The van der Waals surface area contributed by atoms with Crippen LogP contribution in [0.4, 0.5) is 10.5 Å². The summed E-state index contributed by atoms with van der Waals surface area (Å²) >= 11 is 5.87. The van der Waals surface area contributed by atoms with Crippen molar-refractivity contribution in [3.8, 4) is 5.75 Å². The van der Waals surface area contributed by atoms with Crippen molar-refractivity contribution in [1.82, 2.24) is 5.32 Å². The number of hydrogen-bond donors (Lipinski definition) is 2. The minimum Gasteiger partial charge on any atom is -0.491 e. The van der Waals surface area contributed by atoms with E-state index in [9.17, 15) is 4.79 Å². The van der Waals surface area contributed by atoms with Gasteiger partial charge in [-0.1, -0.05) is 35.4 Å². The maximum absolute atomic E-state index is 11.9. The standard InChI is InChI=1S/C17H19ClN2O2/c1-12-6-8-16(9-7-12)22-11-13(2)19-17(21)20-15-5-3-4-14(18)10-15/h3-10,13H,11H2,1-2H3,(H2,19,20,21)/t13-/m0/s1. The molecule has 2 amide bonds. The first-order valence-electron chi connectivity index (χ1n) is 7.05. The fourth-order valence-corrected chi connectivity index (χ4v) is 2.04. The molecule has 0 spiro atoms. The number of ether oxygens (including phenoxy) is 1. The van der Waals surface area contributed by atoms with Crippen molar-refractivity contribution in [2.24, 2.45) is 0 Å². The smallest absolute Gasteiger partial charge is 0.319 e. The molecule has 2 aromatic rings. The molecule has 0 unspecified atom stereocenters. The lowest BCUT2D eigenvalue weighted by atomic mass is 10.2. The van der Waals surface area contributed by atoms with Gasteiger partial charge in [0.2, 0.25) is 0 Å². The Balaban J connectivity index is 1.77. The first-order chi connectivity index (χ1) is 10.5. The van der Waals surface area contributed by atoms with Gasteiger partial charge in [-0.15, -0.1) is 0 Å². The van der Waals surface area contributed by atoms with E-state index in [1.54, 1.807) is 24.3 Å². The molecule has 0 saturated heterocycles. The van der Waals surface area contributed by atoms with Gasteiger partial charge < -0.3 is 15.4 Å². The SMILES string of the molecule is Cc1ccc(OC[C@H](C)NC(=O)Nc2cccc(Cl)c2)cc1. The van der Waals surface area contributed by atoms with Crippen LogP contribution in [-0.2, 0) is 0 Å². The summed E-state index contributed by atoms with van der Waals surface area (Å²) in [4.78, 5) is 11.9. The molecule has 0 fully saturated rings. The topological polar surface area (TPSA) is 50.4 Å².